The fourth-order valence-corrected chi connectivity index (χ4v) is 4.57. The number of fused-ring (bicyclic) bond motifs is 3. The number of hydrogen-bond acceptors (Lipinski definition) is 5. The lowest BCUT2D eigenvalue weighted by molar-refractivity contribution is -0.152. The minimum Gasteiger partial charge on any atom is -0.481 e. The number of aliphatic carboxylic acids is 1. The third-order valence-electron chi connectivity index (χ3n) is 6.27. The van der Waals surface area contributed by atoms with E-state index in [4.69, 9.17) is 9.47 Å². The van der Waals surface area contributed by atoms with Gasteiger partial charge in [-0.2, -0.15) is 0 Å². The van der Waals surface area contributed by atoms with Crippen molar-refractivity contribution in [3.05, 3.63) is 59.7 Å². The molecular formula is C25H29NO5. The van der Waals surface area contributed by atoms with E-state index in [1.54, 1.807) is 0 Å². The quantitative estimate of drug-likeness (QED) is 0.622. The van der Waals surface area contributed by atoms with Gasteiger partial charge in [-0.25, -0.2) is 0 Å². The van der Waals surface area contributed by atoms with Gasteiger partial charge in [0.15, 0.2) is 0 Å². The normalized spacial score (nSPS) is 17.0. The standard InChI is InChI=1S/C25H29NO5/c27-24(16-18(25(28)29)6-5-11-26-12-14-30-15-13-26)31-17-23-21-9-3-1-7-19(21)20-8-2-4-10-22(20)23/h1-4,7-10,18,23H,5-6,11-17H2,(H,28,29)/t18-/m1/s1. The van der Waals surface area contributed by atoms with Gasteiger partial charge in [0.2, 0.25) is 0 Å². The molecule has 1 aliphatic heterocycles. The van der Waals surface area contributed by atoms with Crippen molar-refractivity contribution >= 4 is 11.9 Å². The predicted octanol–water partition coefficient (Wildman–Crippen LogP) is 3.55. The van der Waals surface area contributed by atoms with E-state index in [2.05, 4.69) is 29.2 Å². The number of carbonyl (C=O) groups excluding carboxylic acids is 1. The SMILES string of the molecule is O=C(C[C@@H](CCCN1CCOCC1)C(=O)O)OCC1c2ccccc2-c2ccccc21. The van der Waals surface area contributed by atoms with Crippen molar-refractivity contribution in [3.8, 4) is 11.1 Å². The average Bonchev–Trinajstić information content (AvgIpc) is 3.11. The van der Waals surface area contributed by atoms with Gasteiger partial charge in [0.1, 0.15) is 6.61 Å². The van der Waals surface area contributed by atoms with Crippen LogP contribution >= 0.6 is 0 Å². The van der Waals surface area contributed by atoms with E-state index in [1.165, 1.54) is 11.1 Å². The lowest BCUT2D eigenvalue weighted by Gasteiger charge is -2.26. The lowest BCUT2D eigenvalue weighted by atomic mass is 9.97. The molecule has 0 saturated carbocycles. The molecule has 4 rings (SSSR count). The number of benzene rings is 2. The second-order valence-corrected chi connectivity index (χ2v) is 8.25. The molecule has 2 aromatic rings. The van der Waals surface area contributed by atoms with Crippen LogP contribution in [0.3, 0.4) is 0 Å². The zero-order chi connectivity index (χ0) is 21.6. The van der Waals surface area contributed by atoms with E-state index >= 15 is 0 Å². The second kappa shape index (κ2) is 10.1. The number of carboxylic acid groups (broad SMARTS) is 1. The molecule has 0 amide bonds. The minimum atomic E-state index is -0.935. The second-order valence-electron chi connectivity index (χ2n) is 8.25. The van der Waals surface area contributed by atoms with Crippen LogP contribution in [0.4, 0.5) is 0 Å². The van der Waals surface area contributed by atoms with Crippen molar-refractivity contribution in [1.29, 1.82) is 0 Å². The van der Waals surface area contributed by atoms with Gasteiger partial charge >= 0.3 is 11.9 Å². The third-order valence-corrected chi connectivity index (χ3v) is 6.27. The summed E-state index contributed by atoms with van der Waals surface area (Å²) in [4.78, 5) is 26.4. The summed E-state index contributed by atoms with van der Waals surface area (Å²) in [7, 11) is 0. The molecule has 1 saturated heterocycles. The zero-order valence-electron chi connectivity index (χ0n) is 17.7. The Balaban J connectivity index is 1.31. The monoisotopic (exact) mass is 423 g/mol. The Morgan fingerprint density at radius 2 is 1.65 bits per heavy atom. The molecule has 0 unspecified atom stereocenters. The predicted molar refractivity (Wildman–Crippen MR) is 117 cm³/mol. The van der Waals surface area contributed by atoms with Gasteiger partial charge in [0, 0.05) is 19.0 Å². The van der Waals surface area contributed by atoms with Crippen LogP contribution in [-0.2, 0) is 19.1 Å². The maximum atomic E-state index is 12.5. The topological polar surface area (TPSA) is 76.1 Å². The van der Waals surface area contributed by atoms with Gasteiger partial charge in [0.25, 0.3) is 0 Å². The van der Waals surface area contributed by atoms with Gasteiger partial charge in [-0.15, -0.1) is 0 Å². The Hall–Kier alpha value is -2.70. The Morgan fingerprint density at radius 3 is 2.26 bits per heavy atom. The summed E-state index contributed by atoms with van der Waals surface area (Å²) in [6.45, 7) is 4.27. The van der Waals surface area contributed by atoms with Crippen LogP contribution in [0.5, 0.6) is 0 Å². The number of carbonyl (C=O) groups is 2. The van der Waals surface area contributed by atoms with Crippen molar-refractivity contribution in [2.24, 2.45) is 5.92 Å². The fourth-order valence-electron chi connectivity index (χ4n) is 4.57. The van der Waals surface area contributed by atoms with Crippen LogP contribution in [0.15, 0.2) is 48.5 Å². The van der Waals surface area contributed by atoms with E-state index in [1.807, 2.05) is 24.3 Å². The van der Waals surface area contributed by atoms with Gasteiger partial charge in [-0.3, -0.25) is 14.5 Å². The van der Waals surface area contributed by atoms with Crippen LogP contribution in [0.1, 0.15) is 36.3 Å². The number of carboxylic acids is 1. The molecule has 6 nitrogen and oxygen atoms in total. The van der Waals surface area contributed by atoms with E-state index in [0.29, 0.717) is 6.42 Å². The summed E-state index contributed by atoms with van der Waals surface area (Å²) in [5.41, 5.74) is 4.64. The van der Waals surface area contributed by atoms with E-state index in [9.17, 15) is 14.7 Å². The van der Waals surface area contributed by atoms with Crippen molar-refractivity contribution in [2.75, 3.05) is 39.5 Å². The van der Waals surface area contributed by atoms with Crippen LogP contribution < -0.4 is 0 Å². The van der Waals surface area contributed by atoms with Gasteiger partial charge in [-0.1, -0.05) is 48.5 Å². The summed E-state index contributed by atoms with van der Waals surface area (Å²) < 4.78 is 10.9. The van der Waals surface area contributed by atoms with Gasteiger partial charge < -0.3 is 14.6 Å². The highest BCUT2D eigenvalue weighted by Crippen LogP contribution is 2.44. The number of esters is 1. The molecule has 1 aliphatic carbocycles. The van der Waals surface area contributed by atoms with Crippen molar-refractivity contribution in [1.82, 2.24) is 4.90 Å². The average molecular weight is 424 g/mol. The summed E-state index contributed by atoms with van der Waals surface area (Å²) in [6, 6.07) is 16.3. The maximum absolute atomic E-state index is 12.5. The highest BCUT2D eigenvalue weighted by molar-refractivity contribution is 5.80. The Kier molecular flexibility index (Phi) is 6.99. The number of rotatable bonds is 9. The number of morpholine rings is 1. The molecule has 2 aliphatic rings. The smallest absolute Gasteiger partial charge is 0.307 e. The van der Waals surface area contributed by atoms with Gasteiger partial charge in [0.05, 0.1) is 25.6 Å². The van der Waals surface area contributed by atoms with E-state index in [-0.39, 0.29) is 18.9 Å². The largest absolute Gasteiger partial charge is 0.481 e. The Morgan fingerprint density at radius 1 is 1.03 bits per heavy atom. The molecule has 2 aromatic carbocycles. The summed E-state index contributed by atoms with van der Waals surface area (Å²) in [5, 5.41) is 9.56. The lowest BCUT2D eigenvalue weighted by Crippen LogP contribution is -2.37. The first-order chi connectivity index (χ1) is 15.1. The maximum Gasteiger partial charge on any atom is 0.307 e. The Bertz CT molecular complexity index is 876. The zero-order valence-corrected chi connectivity index (χ0v) is 17.7. The molecule has 6 heteroatoms. The van der Waals surface area contributed by atoms with E-state index < -0.39 is 17.9 Å². The van der Waals surface area contributed by atoms with Crippen LogP contribution in [0.25, 0.3) is 11.1 Å². The van der Waals surface area contributed by atoms with Crippen molar-refractivity contribution in [3.63, 3.8) is 0 Å². The molecule has 0 spiro atoms. The number of ether oxygens (including phenoxy) is 2. The first kappa shape index (κ1) is 21.5. The molecule has 1 heterocycles. The number of hydrogen-bond donors (Lipinski definition) is 1. The van der Waals surface area contributed by atoms with Crippen LogP contribution in [-0.4, -0.2) is 61.4 Å². The van der Waals surface area contributed by atoms with Gasteiger partial charge in [-0.05, 0) is 41.6 Å². The highest BCUT2D eigenvalue weighted by Gasteiger charge is 2.30. The van der Waals surface area contributed by atoms with Crippen molar-refractivity contribution in [2.45, 2.75) is 25.2 Å². The molecule has 1 atom stereocenters. The summed E-state index contributed by atoms with van der Waals surface area (Å²) >= 11 is 0. The molecule has 1 N–H and O–H groups in total. The summed E-state index contributed by atoms with van der Waals surface area (Å²) in [6.07, 6.45) is 1.12. The number of nitrogens with zero attached hydrogens (tertiary/aromatic N) is 1. The van der Waals surface area contributed by atoms with E-state index in [0.717, 1.165) is 50.4 Å². The van der Waals surface area contributed by atoms with Crippen molar-refractivity contribution < 1.29 is 24.2 Å². The molecule has 0 bridgehead atoms. The molecule has 164 valence electrons. The Labute approximate surface area is 182 Å². The third kappa shape index (κ3) is 5.14. The minimum absolute atomic E-state index is 0.0130. The first-order valence-electron chi connectivity index (χ1n) is 11.0. The first-order valence-corrected chi connectivity index (χ1v) is 11.0. The van der Waals surface area contributed by atoms with Crippen LogP contribution in [0, 0.1) is 5.92 Å². The highest BCUT2D eigenvalue weighted by atomic mass is 16.5. The molecule has 31 heavy (non-hydrogen) atoms. The van der Waals surface area contributed by atoms with Crippen LogP contribution in [0.2, 0.25) is 0 Å². The molecule has 0 aromatic heterocycles. The molecule has 1 fully saturated rings. The summed E-state index contributed by atoms with van der Waals surface area (Å²) in [5.74, 6) is -2.10. The fraction of sp³-hybridized carbons (Fsp3) is 0.440. The molecule has 0 radical (unpaired) electrons. The molecular weight excluding hydrogens is 394 g/mol.